The Morgan fingerprint density at radius 1 is 0.743 bits per heavy atom. The van der Waals surface area contributed by atoms with Crippen LogP contribution in [0.2, 0.25) is 0 Å². The minimum atomic E-state index is -4.82. The molecule has 10 heteroatoms. The van der Waals surface area contributed by atoms with Crippen molar-refractivity contribution >= 4 is 36.8 Å². The van der Waals surface area contributed by atoms with Crippen molar-refractivity contribution in [1.82, 2.24) is 0 Å². The molecule has 4 aromatic carbocycles. The molecule has 0 bridgehead atoms. The van der Waals surface area contributed by atoms with Crippen LogP contribution in [-0.4, -0.2) is 31.7 Å². The molecule has 0 aromatic heterocycles. The van der Waals surface area contributed by atoms with Crippen molar-refractivity contribution in [3.05, 3.63) is 95.1 Å². The predicted octanol–water partition coefficient (Wildman–Crippen LogP) is 4.97. The minimum absolute atomic E-state index is 0.000814. The number of carbonyl (C=O) groups is 1. The zero-order valence-electron chi connectivity index (χ0n) is 18.6. The average molecular weight is 513 g/mol. The summed E-state index contributed by atoms with van der Waals surface area (Å²) in [5.74, 6) is 0.441. The third-order valence-corrected chi connectivity index (χ3v) is 7.15. The van der Waals surface area contributed by atoms with Gasteiger partial charge in [0.05, 0.1) is 4.90 Å². The maximum Gasteiger partial charge on any atom is 0.295 e. The molecule has 0 aliphatic carbocycles. The third kappa shape index (κ3) is 5.25. The minimum Gasteiger partial charge on any atom is -0.457 e. The summed E-state index contributed by atoms with van der Waals surface area (Å²) in [6, 6.07) is 18.0. The van der Waals surface area contributed by atoms with Gasteiger partial charge in [-0.3, -0.25) is 13.9 Å². The Kier molecular flexibility index (Phi) is 6.24. The Morgan fingerprint density at radius 3 is 2.03 bits per heavy atom. The van der Waals surface area contributed by atoms with Crippen molar-refractivity contribution in [2.75, 3.05) is 0 Å². The Balaban J connectivity index is 1.67. The van der Waals surface area contributed by atoms with Gasteiger partial charge in [-0.25, -0.2) is 0 Å². The molecule has 180 valence electrons. The number of hydrogen-bond donors (Lipinski definition) is 2. The van der Waals surface area contributed by atoms with Crippen molar-refractivity contribution in [2.45, 2.75) is 23.6 Å². The van der Waals surface area contributed by atoms with Gasteiger partial charge in [0.15, 0.2) is 5.78 Å². The summed E-state index contributed by atoms with van der Waals surface area (Å²) in [6.45, 7) is 3.78. The highest BCUT2D eigenvalue weighted by molar-refractivity contribution is 7.86. The van der Waals surface area contributed by atoms with E-state index in [0.717, 1.165) is 17.2 Å². The first-order valence-electron chi connectivity index (χ1n) is 10.3. The highest BCUT2D eigenvalue weighted by atomic mass is 32.2. The first kappa shape index (κ1) is 24.6. The number of ketones is 1. The third-order valence-electron chi connectivity index (χ3n) is 5.43. The fourth-order valence-electron chi connectivity index (χ4n) is 3.65. The van der Waals surface area contributed by atoms with Crippen LogP contribution in [-0.2, 0) is 20.2 Å². The number of fused-ring (bicyclic) bond motifs is 1. The molecule has 0 saturated heterocycles. The zero-order chi connectivity index (χ0) is 25.5. The molecule has 0 spiro atoms. The van der Waals surface area contributed by atoms with E-state index in [2.05, 4.69) is 0 Å². The van der Waals surface area contributed by atoms with Crippen LogP contribution in [0.5, 0.6) is 11.5 Å². The molecule has 0 aliphatic heterocycles. The molecular formula is C25H20O8S2. The normalized spacial score (nSPS) is 12.0. The summed E-state index contributed by atoms with van der Waals surface area (Å²) in [5, 5.41) is 0.147. The number of ether oxygens (including phenoxy) is 1. The van der Waals surface area contributed by atoms with Gasteiger partial charge in [-0.05, 0) is 79.4 Å². The predicted molar refractivity (Wildman–Crippen MR) is 129 cm³/mol. The average Bonchev–Trinajstić information content (AvgIpc) is 2.78. The number of aryl methyl sites for hydroxylation is 2. The van der Waals surface area contributed by atoms with Crippen LogP contribution in [0.15, 0.2) is 82.6 Å². The van der Waals surface area contributed by atoms with Gasteiger partial charge in [-0.1, -0.05) is 23.8 Å². The van der Waals surface area contributed by atoms with Crippen LogP contribution < -0.4 is 4.74 Å². The Labute approximate surface area is 202 Å². The molecule has 0 heterocycles. The van der Waals surface area contributed by atoms with E-state index in [1.807, 2.05) is 32.0 Å². The van der Waals surface area contributed by atoms with Crippen molar-refractivity contribution in [1.29, 1.82) is 0 Å². The lowest BCUT2D eigenvalue weighted by Crippen LogP contribution is -2.04. The number of hydrogen-bond acceptors (Lipinski definition) is 6. The van der Waals surface area contributed by atoms with E-state index in [-0.39, 0.29) is 22.3 Å². The number of rotatable bonds is 6. The molecule has 4 aromatic rings. The lowest BCUT2D eigenvalue weighted by molar-refractivity contribution is 0.103. The van der Waals surface area contributed by atoms with Crippen LogP contribution in [0.4, 0.5) is 0 Å². The van der Waals surface area contributed by atoms with Crippen molar-refractivity contribution in [3.63, 3.8) is 0 Å². The highest BCUT2D eigenvalue weighted by Crippen LogP contribution is 2.32. The van der Waals surface area contributed by atoms with E-state index in [0.29, 0.717) is 22.9 Å². The SMILES string of the molecule is Cc1ccc(C)c(C(=O)c2ccc(Oc3ccc4cc(S(=O)(=O)O)cc(S(=O)(=O)O)c4c3)cc2)c1. The van der Waals surface area contributed by atoms with Gasteiger partial charge < -0.3 is 4.74 Å². The molecule has 0 saturated carbocycles. The highest BCUT2D eigenvalue weighted by Gasteiger charge is 2.21. The standard InChI is InChI=1S/C25H20O8S2/c1-15-3-4-16(2)22(11-15)25(26)17-5-8-19(9-6-17)33-20-10-7-18-12-21(34(27,28)29)14-24(23(18)13-20)35(30,31)32/h3-14H,1-2H3,(H,27,28,29)(H,30,31,32). The van der Waals surface area contributed by atoms with E-state index in [1.165, 1.54) is 18.2 Å². The molecule has 0 amide bonds. The van der Waals surface area contributed by atoms with Gasteiger partial charge in [0.1, 0.15) is 16.4 Å². The lowest BCUT2D eigenvalue weighted by Gasteiger charge is -2.11. The molecule has 8 nitrogen and oxygen atoms in total. The Hall–Kier alpha value is -3.57. The summed E-state index contributed by atoms with van der Waals surface area (Å²) >= 11 is 0. The van der Waals surface area contributed by atoms with Crippen molar-refractivity contribution in [2.24, 2.45) is 0 Å². The van der Waals surface area contributed by atoms with Crippen molar-refractivity contribution < 1.29 is 35.5 Å². The summed E-state index contributed by atoms with van der Waals surface area (Å²) < 4.78 is 71.4. The van der Waals surface area contributed by atoms with Gasteiger partial charge in [-0.15, -0.1) is 0 Å². The van der Waals surface area contributed by atoms with E-state index in [4.69, 9.17) is 4.74 Å². The molecule has 0 aliphatic rings. The second-order valence-corrected chi connectivity index (χ2v) is 10.8. The monoisotopic (exact) mass is 512 g/mol. The van der Waals surface area contributed by atoms with Crippen LogP contribution in [0.25, 0.3) is 10.8 Å². The Morgan fingerprint density at radius 2 is 1.40 bits per heavy atom. The van der Waals surface area contributed by atoms with E-state index in [9.17, 15) is 30.7 Å². The topological polar surface area (TPSA) is 135 Å². The second kappa shape index (κ2) is 8.90. The maximum absolute atomic E-state index is 12.9. The molecule has 0 fully saturated rings. The summed E-state index contributed by atoms with van der Waals surface area (Å²) in [7, 11) is -9.53. The van der Waals surface area contributed by atoms with Crippen LogP contribution >= 0.6 is 0 Å². The number of carbonyl (C=O) groups excluding carboxylic acids is 1. The van der Waals surface area contributed by atoms with E-state index >= 15 is 0 Å². The van der Waals surface area contributed by atoms with Gasteiger partial charge in [0.2, 0.25) is 0 Å². The molecule has 2 N–H and O–H groups in total. The van der Waals surface area contributed by atoms with Crippen LogP contribution in [0, 0.1) is 13.8 Å². The Bertz CT molecular complexity index is 1690. The van der Waals surface area contributed by atoms with Crippen LogP contribution in [0.1, 0.15) is 27.0 Å². The lowest BCUT2D eigenvalue weighted by atomic mass is 9.97. The summed E-state index contributed by atoms with van der Waals surface area (Å²) in [5.41, 5.74) is 2.92. The van der Waals surface area contributed by atoms with Gasteiger partial charge in [0, 0.05) is 16.5 Å². The summed E-state index contributed by atoms with van der Waals surface area (Å²) in [6.07, 6.45) is 0. The molecule has 4 rings (SSSR count). The molecule has 0 atom stereocenters. The smallest absolute Gasteiger partial charge is 0.295 e. The maximum atomic E-state index is 12.9. The van der Waals surface area contributed by atoms with Gasteiger partial charge in [0.25, 0.3) is 20.2 Å². The first-order valence-corrected chi connectivity index (χ1v) is 13.1. The fraction of sp³-hybridized carbons (Fsp3) is 0.0800. The zero-order valence-corrected chi connectivity index (χ0v) is 20.2. The fourth-order valence-corrected chi connectivity index (χ4v) is 5.00. The summed E-state index contributed by atoms with van der Waals surface area (Å²) in [4.78, 5) is 11.5. The quantitative estimate of drug-likeness (QED) is 0.273. The van der Waals surface area contributed by atoms with Gasteiger partial charge in [-0.2, -0.15) is 16.8 Å². The molecular weight excluding hydrogens is 492 g/mol. The van der Waals surface area contributed by atoms with E-state index in [1.54, 1.807) is 24.3 Å². The molecule has 35 heavy (non-hydrogen) atoms. The largest absolute Gasteiger partial charge is 0.457 e. The van der Waals surface area contributed by atoms with Crippen molar-refractivity contribution in [3.8, 4) is 11.5 Å². The van der Waals surface area contributed by atoms with Crippen LogP contribution in [0.3, 0.4) is 0 Å². The van der Waals surface area contributed by atoms with Gasteiger partial charge >= 0.3 is 0 Å². The first-order chi connectivity index (χ1) is 16.3. The number of benzene rings is 4. The molecule has 0 unspecified atom stereocenters. The molecule has 0 radical (unpaired) electrons. The second-order valence-electron chi connectivity index (χ2n) is 8.03. The van der Waals surface area contributed by atoms with E-state index < -0.39 is 30.0 Å².